The quantitative estimate of drug-likeness (QED) is 0.289. The van der Waals surface area contributed by atoms with Gasteiger partial charge in [0.25, 0.3) is 5.91 Å². The third-order valence-corrected chi connectivity index (χ3v) is 2.29. The van der Waals surface area contributed by atoms with Crippen LogP contribution in [0.15, 0.2) is 12.1 Å². The fourth-order valence-corrected chi connectivity index (χ4v) is 1.47. The highest BCUT2D eigenvalue weighted by atomic mass is 19.4. The topological polar surface area (TPSA) is 72.2 Å². The van der Waals surface area contributed by atoms with E-state index in [1.54, 1.807) is 0 Å². The lowest BCUT2D eigenvalue weighted by Gasteiger charge is -2.16. The van der Waals surface area contributed by atoms with Crippen LogP contribution in [-0.2, 0) is 12.4 Å². The summed E-state index contributed by atoms with van der Waals surface area (Å²) in [6, 6.07) is -0.107. The number of halogens is 6. The highest BCUT2D eigenvalue weighted by Gasteiger charge is 2.41. The van der Waals surface area contributed by atoms with Gasteiger partial charge in [-0.05, 0) is 12.1 Å². The van der Waals surface area contributed by atoms with Crippen molar-refractivity contribution in [3.8, 4) is 0 Å². The van der Waals surface area contributed by atoms with E-state index < -0.39 is 40.5 Å². The molecule has 0 fully saturated rings. The van der Waals surface area contributed by atoms with Gasteiger partial charge >= 0.3 is 12.4 Å². The number of nitrogen functional groups attached to an aromatic ring is 1. The molecule has 4 nitrogen and oxygen atoms in total. The monoisotopic (exact) mass is 300 g/mol. The molecule has 10 heteroatoms. The summed E-state index contributed by atoms with van der Waals surface area (Å²) in [6.45, 7) is 0. The van der Waals surface area contributed by atoms with Gasteiger partial charge in [0, 0.05) is 5.56 Å². The van der Waals surface area contributed by atoms with Crippen LogP contribution in [-0.4, -0.2) is 12.2 Å². The Morgan fingerprint density at radius 1 is 1.10 bits per heavy atom. The molecule has 0 aromatic heterocycles. The largest absolute Gasteiger partial charge is 0.417 e. The van der Waals surface area contributed by atoms with Crippen LogP contribution in [0.4, 0.5) is 26.3 Å². The first-order chi connectivity index (χ1) is 9.02. The van der Waals surface area contributed by atoms with Gasteiger partial charge in [0.1, 0.15) is 0 Å². The number of hydrazine groups is 1. The third kappa shape index (κ3) is 3.07. The highest BCUT2D eigenvalue weighted by molar-refractivity contribution is 6.02. The van der Waals surface area contributed by atoms with Gasteiger partial charge in [0.15, 0.2) is 6.29 Å². The lowest BCUT2D eigenvalue weighted by molar-refractivity contribution is -0.143. The summed E-state index contributed by atoms with van der Waals surface area (Å²) in [5, 5.41) is 0. The molecular formula is C10H6F6N2O2. The van der Waals surface area contributed by atoms with Crippen LogP contribution in [0.1, 0.15) is 31.8 Å². The molecule has 20 heavy (non-hydrogen) atoms. The molecule has 0 radical (unpaired) electrons. The number of aldehydes is 1. The van der Waals surface area contributed by atoms with E-state index in [-0.39, 0.29) is 18.4 Å². The van der Waals surface area contributed by atoms with Gasteiger partial charge in [0.2, 0.25) is 0 Å². The summed E-state index contributed by atoms with van der Waals surface area (Å²) in [7, 11) is 0. The second-order valence-electron chi connectivity index (χ2n) is 3.57. The maximum Gasteiger partial charge on any atom is 0.417 e. The summed E-state index contributed by atoms with van der Waals surface area (Å²) in [5.74, 6) is 3.14. The van der Waals surface area contributed by atoms with E-state index in [2.05, 4.69) is 5.84 Å². The summed E-state index contributed by atoms with van der Waals surface area (Å²) >= 11 is 0. The van der Waals surface area contributed by atoms with E-state index in [0.717, 1.165) is 0 Å². The Hall–Kier alpha value is -2.10. The SMILES string of the molecule is NNC(=O)c1c(C=O)cc(C(F)(F)F)cc1C(F)(F)F. The number of carbonyl (C=O) groups is 2. The van der Waals surface area contributed by atoms with Crippen molar-refractivity contribution in [2.45, 2.75) is 12.4 Å². The predicted molar refractivity (Wildman–Crippen MR) is 53.5 cm³/mol. The summed E-state index contributed by atoms with van der Waals surface area (Å²) < 4.78 is 75.6. The number of nitrogens with one attached hydrogen (secondary N) is 1. The van der Waals surface area contributed by atoms with Gasteiger partial charge in [-0.15, -0.1) is 0 Å². The van der Waals surface area contributed by atoms with E-state index in [1.807, 2.05) is 0 Å². The Morgan fingerprint density at radius 2 is 1.65 bits per heavy atom. The fourth-order valence-electron chi connectivity index (χ4n) is 1.47. The minimum atomic E-state index is -5.26. The van der Waals surface area contributed by atoms with Gasteiger partial charge in [-0.25, -0.2) is 5.84 Å². The Kier molecular flexibility index (Phi) is 4.08. The lowest BCUT2D eigenvalue weighted by atomic mass is 9.97. The Bertz CT molecular complexity index is 550. The summed E-state index contributed by atoms with van der Waals surface area (Å²) in [6.07, 6.45) is -10.6. The maximum absolute atomic E-state index is 12.7. The maximum atomic E-state index is 12.7. The minimum Gasteiger partial charge on any atom is -0.298 e. The molecule has 0 bridgehead atoms. The van der Waals surface area contributed by atoms with Crippen molar-refractivity contribution in [3.05, 3.63) is 34.4 Å². The fraction of sp³-hybridized carbons (Fsp3) is 0.200. The molecule has 0 saturated carbocycles. The van der Waals surface area contributed by atoms with E-state index in [4.69, 9.17) is 0 Å². The Balaban J connectivity index is 3.75. The van der Waals surface area contributed by atoms with Gasteiger partial charge < -0.3 is 0 Å². The molecule has 1 rings (SSSR count). The Labute approximate surface area is 107 Å². The van der Waals surface area contributed by atoms with Crippen molar-refractivity contribution in [2.24, 2.45) is 5.84 Å². The molecule has 0 unspecified atom stereocenters. The first-order valence-electron chi connectivity index (χ1n) is 4.81. The van der Waals surface area contributed by atoms with E-state index in [1.165, 1.54) is 5.43 Å². The number of benzene rings is 1. The second-order valence-corrected chi connectivity index (χ2v) is 3.57. The van der Waals surface area contributed by atoms with Gasteiger partial charge in [-0.2, -0.15) is 26.3 Å². The first kappa shape index (κ1) is 16.0. The van der Waals surface area contributed by atoms with Crippen LogP contribution in [0.25, 0.3) is 0 Å². The van der Waals surface area contributed by atoms with Crippen LogP contribution in [0.5, 0.6) is 0 Å². The molecule has 0 saturated heterocycles. The van der Waals surface area contributed by atoms with Gasteiger partial charge in [-0.3, -0.25) is 15.0 Å². The number of amides is 1. The second kappa shape index (κ2) is 5.12. The number of rotatable bonds is 2. The minimum absolute atomic E-state index is 0.146. The lowest BCUT2D eigenvalue weighted by Crippen LogP contribution is -2.33. The zero-order valence-electron chi connectivity index (χ0n) is 9.39. The highest BCUT2D eigenvalue weighted by Crippen LogP contribution is 2.38. The number of carbonyl (C=O) groups excluding carboxylic acids is 2. The van der Waals surface area contributed by atoms with Crippen LogP contribution in [0, 0.1) is 0 Å². The third-order valence-electron chi connectivity index (χ3n) is 2.29. The normalized spacial score (nSPS) is 12.2. The standard InChI is InChI=1S/C10H6F6N2O2/c11-9(12,13)5-1-4(3-19)7(8(20)18-17)6(2-5)10(14,15)16/h1-3H,17H2,(H,18,20). The molecule has 3 N–H and O–H groups in total. The van der Waals surface area contributed by atoms with Crippen molar-refractivity contribution < 1.29 is 35.9 Å². The van der Waals surface area contributed by atoms with Crippen molar-refractivity contribution in [3.63, 3.8) is 0 Å². The number of hydrogen-bond acceptors (Lipinski definition) is 3. The number of hydrogen-bond donors (Lipinski definition) is 2. The predicted octanol–water partition coefficient (Wildman–Crippen LogP) is 2.14. The average molecular weight is 300 g/mol. The molecule has 0 heterocycles. The zero-order chi connectivity index (χ0) is 15.7. The van der Waals surface area contributed by atoms with E-state index in [0.29, 0.717) is 0 Å². The smallest absolute Gasteiger partial charge is 0.298 e. The van der Waals surface area contributed by atoms with Crippen LogP contribution < -0.4 is 11.3 Å². The molecule has 0 aliphatic heterocycles. The summed E-state index contributed by atoms with van der Waals surface area (Å²) in [5.41, 5.74) is -4.56. The van der Waals surface area contributed by atoms with Crippen LogP contribution in [0.2, 0.25) is 0 Å². The summed E-state index contributed by atoms with van der Waals surface area (Å²) in [4.78, 5) is 21.9. The number of alkyl halides is 6. The van der Waals surface area contributed by atoms with Crippen LogP contribution >= 0.6 is 0 Å². The molecule has 1 aromatic rings. The molecule has 0 aliphatic carbocycles. The molecule has 1 amide bonds. The van der Waals surface area contributed by atoms with E-state index >= 15 is 0 Å². The zero-order valence-corrected chi connectivity index (χ0v) is 9.39. The van der Waals surface area contributed by atoms with Gasteiger partial charge in [-0.1, -0.05) is 0 Å². The van der Waals surface area contributed by atoms with Crippen molar-refractivity contribution in [1.29, 1.82) is 0 Å². The molecule has 110 valence electrons. The van der Waals surface area contributed by atoms with Crippen molar-refractivity contribution in [2.75, 3.05) is 0 Å². The van der Waals surface area contributed by atoms with Crippen molar-refractivity contribution in [1.82, 2.24) is 5.43 Å². The molecule has 0 atom stereocenters. The van der Waals surface area contributed by atoms with Gasteiger partial charge in [0.05, 0.1) is 16.7 Å². The Morgan fingerprint density at radius 3 is 2.00 bits per heavy atom. The average Bonchev–Trinajstić information content (AvgIpc) is 2.33. The molecule has 0 spiro atoms. The van der Waals surface area contributed by atoms with E-state index in [9.17, 15) is 35.9 Å². The number of nitrogens with two attached hydrogens (primary N) is 1. The first-order valence-corrected chi connectivity index (χ1v) is 4.81. The molecule has 1 aromatic carbocycles. The molecular weight excluding hydrogens is 294 g/mol. The van der Waals surface area contributed by atoms with Crippen LogP contribution in [0.3, 0.4) is 0 Å². The van der Waals surface area contributed by atoms with Crippen molar-refractivity contribution >= 4 is 12.2 Å². The molecule has 0 aliphatic rings.